The fourth-order valence-electron chi connectivity index (χ4n) is 2.55. The Hall–Kier alpha value is -0.290. The van der Waals surface area contributed by atoms with Crippen LogP contribution in [0.15, 0.2) is 0 Å². The molecule has 1 unspecified atom stereocenters. The maximum Gasteiger partial charge on any atom is 0.401 e. The molecule has 1 saturated heterocycles. The molecule has 1 atom stereocenters. The van der Waals surface area contributed by atoms with Crippen molar-refractivity contribution in [1.82, 2.24) is 4.90 Å². The lowest BCUT2D eigenvalue weighted by molar-refractivity contribution is -0.157. The van der Waals surface area contributed by atoms with Gasteiger partial charge in [0.2, 0.25) is 0 Å². The number of nitrogens with zero attached hydrogens (tertiary/aromatic N) is 1. The Labute approximate surface area is 101 Å². The van der Waals surface area contributed by atoms with Gasteiger partial charge >= 0.3 is 6.18 Å². The highest BCUT2D eigenvalue weighted by molar-refractivity contribution is 4.90. The number of piperidine rings is 1. The van der Waals surface area contributed by atoms with Gasteiger partial charge in [0.25, 0.3) is 0 Å². The molecule has 0 aromatic rings. The van der Waals surface area contributed by atoms with Crippen LogP contribution in [-0.2, 0) is 0 Å². The van der Waals surface area contributed by atoms with Gasteiger partial charge in [0.1, 0.15) is 0 Å². The van der Waals surface area contributed by atoms with Gasteiger partial charge < -0.3 is 5.11 Å². The predicted molar refractivity (Wildman–Crippen MR) is 60.8 cm³/mol. The van der Waals surface area contributed by atoms with Crippen LogP contribution >= 0.6 is 0 Å². The maximum atomic E-state index is 12.2. The first kappa shape index (κ1) is 14.8. The number of hydrogen-bond donors (Lipinski definition) is 1. The van der Waals surface area contributed by atoms with E-state index in [0.717, 1.165) is 12.8 Å². The van der Waals surface area contributed by atoms with Gasteiger partial charge in [0, 0.05) is 13.1 Å². The minimum absolute atomic E-state index is 0.167. The molecule has 17 heavy (non-hydrogen) atoms. The zero-order valence-electron chi connectivity index (χ0n) is 10.6. The van der Waals surface area contributed by atoms with Crippen molar-refractivity contribution in [2.24, 2.45) is 5.92 Å². The lowest BCUT2D eigenvalue weighted by Gasteiger charge is -2.42. The summed E-state index contributed by atoms with van der Waals surface area (Å²) >= 11 is 0. The molecule has 1 heterocycles. The van der Waals surface area contributed by atoms with Gasteiger partial charge in [-0.2, -0.15) is 13.2 Å². The molecule has 1 aliphatic heterocycles. The zero-order valence-corrected chi connectivity index (χ0v) is 10.6. The van der Waals surface area contributed by atoms with E-state index in [2.05, 4.69) is 6.92 Å². The highest BCUT2D eigenvalue weighted by Crippen LogP contribution is 2.33. The first-order valence-corrected chi connectivity index (χ1v) is 6.28. The van der Waals surface area contributed by atoms with Crippen LogP contribution in [0.2, 0.25) is 0 Å². The number of alkyl halides is 3. The molecule has 0 aromatic carbocycles. The lowest BCUT2D eigenvalue weighted by atomic mass is 9.78. The van der Waals surface area contributed by atoms with E-state index in [9.17, 15) is 18.3 Å². The van der Waals surface area contributed by atoms with Crippen molar-refractivity contribution in [3.63, 3.8) is 0 Å². The van der Waals surface area contributed by atoms with Crippen molar-refractivity contribution in [3.05, 3.63) is 0 Å². The molecular formula is C12H22F3NO. The van der Waals surface area contributed by atoms with Gasteiger partial charge in [-0.3, -0.25) is 4.90 Å². The molecule has 0 aromatic heterocycles. The summed E-state index contributed by atoms with van der Waals surface area (Å²) in [5, 5.41) is 10.4. The van der Waals surface area contributed by atoms with Gasteiger partial charge in [-0.15, -0.1) is 0 Å². The van der Waals surface area contributed by atoms with E-state index in [1.807, 2.05) is 6.92 Å². The minimum atomic E-state index is -4.13. The van der Waals surface area contributed by atoms with Crippen LogP contribution in [0.4, 0.5) is 13.2 Å². The van der Waals surface area contributed by atoms with E-state index in [0.29, 0.717) is 25.9 Å². The summed E-state index contributed by atoms with van der Waals surface area (Å²) in [4.78, 5) is 1.38. The molecule has 102 valence electrons. The fraction of sp³-hybridized carbons (Fsp3) is 1.00. The first-order valence-electron chi connectivity index (χ1n) is 6.28. The smallest absolute Gasteiger partial charge is 0.390 e. The number of hydrogen-bond acceptors (Lipinski definition) is 2. The topological polar surface area (TPSA) is 23.5 Å². The summed E-state index contributed by atoms with van der Waals surface area (Å²) in [6.45, 7) is 3.86. The normalized spacial score (nSPS) is 23.6. The molecule has 1 fully saturated rings. The second kappa shape index (κ2) is 5.57. The van der Waals surface area contributed by atoms with Crippen LogP contribution in [0.1, 0.15) is 39.5 Å². The standard InChI is InChI=1S/C12H22F3NO/c1-3-4-10(2)11(17)5-7-16(8-6-11)9-12(13,14)15/h10,17H,3-9H2,1-2H3. The molecule has 0 saturated carbocycles. The van der Waals surface area contributed by atoms with E-state index in [1.165, 1.54) is 4.90 Å². The minimum Gasteiger partial charge on any atom is -0.390 e. The lowest BCUT2D eigenvalue weighted by Crippen LogP contribution is -2.50. The molecule has 0 spiro atoms. The predicted octanol–water partition coefficient (Wildman–Crippen LogP) is 2.81. The summed E-state index contributed by atoms with van der Waals surface area (Å²) in [5.74, 6) is 0.167. The third-order valence-corrected chi connectivity index (χ3v) is 3.76. The van der Waals surface area contributed by atoms with Crippen molar-refractivity contribution in [1.29, 1.82) is 0 Å². The van der Waals surface area contributed by atoms with Gasteiger partial charge in [0.15, 0.2) is 0 Å². The maximum absolute atomic E-state index is 12.2. The van der Waals surface area contributed by atoms with Crippen molar-refractivity contribution in [2.75, 3.05) is 19.6 Å². The summed E-state index contributed by atoms with van der Waals surface area (Å²) in [7, 11) is 0. The SMILES string of the molecule is CCCC(C)C1(O)CCN(CC(F)(F)F)CC1. The zero-order chi connectivity index (χ0) is 13.1. The van der Waals surface area contributed by atoms with E-state index >= 15 is 0 Å². The Bertz CT molecular complexity index is 234. The Morgan fingerprint density at radius 3 is 2.24 bits per heavy atom. The number of rotatable bonds is 4. The molecule has 1 aliphatic rings. The molecule has 2 nitrogen and oxygen atoms in total. The van der Waals surface area contributed by atoms with E-state index in [-0.39, 0.29) is 5.92 Å². The van der Waals surface area contributed by atoms with Crippen LogP contribution in [0.3, 0.4) is 0 Å². The first-order chi connectivity index (χ1) is 7.77. The Kier molecular flexibility index (Phi) is 4.84. The second-order valence-corrected chi connectivity index (χ2v) is 5.18. The van der Waals surface area contributed by atoms with E-state index < -0.39 is 18.3 Å². The summed E-state index contributed by atoms with van der Waals surface area (Å²) in [6.07, 6.45) is -1.31. The Morgan fingerprint density at radius 1 is 1.29 bits per heavy atom. The molecule has 0 amide bonds. The molecule has 0 aliphatic carbocycles. The van der Waals surface area contributed by atoms with Crippen molar-refractivity contribution in [2.45, 2.75) is 51.3 Å². The summed E-state index contributed by atoms with van der Waals surface area (Å²) in [5.41, 5.74) is -0.766. The van der Waals surface area contributed by atoms with Crippen molar-refractivity contribution in [3.8, 4) is 0 Å². The number of aliphatic hydroxyl groups is 1. The van der Waals surface area contributed by atoms with Gasteiger partial charge in [0.05, 0.1) is 12.1 Å². The van der Waals surface area contributed by atoms with Crippen LogP contribution < -0.4 is 0 Å². The van der Waals surface area contributed by atoms with E-state index in [4.69, 9.17) is 0 Å². The van der Waals surface area contributed by atoms with Crippen molar-refractivity contribution < 1.29 is 18.3 Å². The van der Waals surface area contributed by atoms with Crippen LogP contribution in [0, 0.1) is 5.92 Å². The monoisotopic (exact) mass is 253 g/mol. The number of halogens is 3. The second-order valence-electron chi connectivity index (χ2n) is 5.18. The van der Waals surface area contributed by atoms with Crippen molar-refractivity contribution >= 4 is 0 Å². The average molecular weight is 253 g/mol. The molecule has 5 heteroatoms. The molecule has 0 bridgehead atoms. The quantitative estimate of drug-likeness (QED) is 0.832. The van der Waals surface area contributed by atoms with Crippen LogP contribution in [0.5, 0.6) is 0 Å². The van der Waals surface area contributed by atoms with Gasteiger partial charge in [-0.1, -0.05) is 20.3 Å². The van der Waals surface area contributed by atoms with Crippen LogP contribution in [-0.4, -0.2) is 41.4 Å². The average Bonchev–Trinajstić information content (AvgIpc) is 2.20. The third kappa shape index (κ3) is 4.47. The van der Waals surface area contributed by atoms with E-state index in [1.54, 1.807) is 0 Å². The molecule has 1 N–H and O–H groups in total. The summed E-state index contributed by atoms with van der Waals surface area (Å²) < 4.78 is 36.6. The summed E-state index contributed by atoms with van der Waals surface area (Å²) in [6, 6.07) is 0. The van der Waals surface area contributed by atoms with Gasteiger partial charge in [-0.25, -0.2) is 0 Å². The molecular weight excluding hydrogens is 231 g/mol. The fourth-order valence-corrected chi connectivity index (χ4v) is 2.55. The van der Waals surface area contributed by atoms with Crippen LogP contribution in [0.25, 0.3) is 0 Å². The largest absolute Gasteiger partial charge is 0.401 e. The third-order valence-electron chi connectivity index (χ3n) is 3.76. The highest BCUT2D eigenvalue weighted by atomic mass is 19.4. The highest BCUT2D eigenvalue weighted by Gasteiger charge is 2.39. The van der Waals surface area contributed by atoms with Gasteiger partial charge in [-0.05, 0) is 25.2 Å². The Balaban J connectivity index is 2.44. The molecule has 1 rings (SSSR count). The number of likely N-dealkylation sites (tertiary alicyclic amines) is 1. The Morgan fingerprint density at radius 2 is 1.82 bits per heavy atom. The molecule has 0 radical (unpaired) electrons.